The molecule has 1 aliphatic rings. The van der Waals surface area contributed by atoms with E-state index < -0.39 is 6.10 Å². The van der Waals surface area contributed by atoms with Crippen LogP contribution in [0.3, 0.4) is 0 Å². The van der Waals surface area contributed by atoms with Crippen LogP contribution in [0, 0.1) is 5.92 Å². The van der Waals surface area contributed by atoms with Crippen LogP contribution in [0.15, 0.2) is 4.99 Å². The highest BCUT2D eigenvalue weighted by atomic mass is 127. The number of aliphatic hydroxyl groups is 1. The van der Waals surface area contributed by atoms with Crippen LogP contribution in [0.2, 0.25) is 0 Å². The van der Waals surface area contributed by atoms with Gasteiger partial charge in [0.05, 0.1) is 19.3 Å². The average molecular weight is 403 g/mol. The molecule has 0 spiro atoms. The first-order valence-corrected chi connectivity index (χ1v) is 7.63. The smallest absolute Gasteiger partial charge is 0.191 e. The highest BCUT2D eigenvalue weighted by Gasteiger charge is 2.12. The lowest BCUT2D eigenvalue weighted by Crippen LogP contribution is -2.43. The summed E-state index contributed by atoms with van der Waals surface area (Å²) in [5.74, 6) is 3.21. The lowest BCUT2D eigenvalue weighted by Gasteiger charge is -2.27. The van der Waals surface area contributed by atoms with E-state index in [1.54, 1.807) is 0 Å². The summed E-state index contributed by atoms with van der Waals surface area (Å²) in [5, 5.41) is 9.70. The minimum Gasteiger partial charge on any atom is -0.389 e. The molecule has 114 valence electrons. The minimum absolute atomic E-state index is 0. The largest absolute Gasteiger partial charge is 0.389 e. The molecule has 0 radical (unpaired) electrons. The van der Waals surface area contributed by atoms with Crippen molar-refractivity contribution >= 4 is 41.7 Å². The molecule has 1 rings (SSSR count). The summed E-state index contributed by atoms with van der Waals surface area (Å²) in [6.45, 7) is 7.35. The van der Waals surface area contributed by atoms with Gasteiger partial charge in [-0.2, -0.15) is 11.8 Å². The Bertz CT molecular complexity index is 261. The Morgan fingerprint density at radius 1 is 1.37 bits per heavy atom. The van der Waals surface area contributed by atoms with E-state index in [9.17, 15) is 5.11 Å². The molecule has 0 aliphatic carbocycles. The number of aliphatic hydroxyl groups excluding tert-OH is 1. The van der Waals surface area contributed by atoms with Crippen LogP contribution in [-0.4, -0.2) is 66.4 Å². The predicted molar refractivity (Wildman–Crippen MR) is 92.5 cm³/mol. The van der Waals surface area contributed by atoms with Gasteiger partial charge in [0, 0.05) is 31.2 Å². The van der Waals surface area contributed by atoms with Crippen LogP contribution in [-0.2, 0) is 4.74 Å². The second kappa shape index (κ2) is 11.0. The number of aliphatic imine (C=N–C) groups is 1. The fourth-order valence-corrected chi connectivity index (χ4v) is 2.49. The van der Waals surface area contributed by atoms with E-state index in [1.807, 2.05) is 11.8 Å². The van der Waals surface area contributed by atoms with E-state index >= 15 is 0 Å². The molecule has 7 heteroatoms. The summed E-state index contributed by atoms with van der Waals surface area (Å²) in [4.78, 5) is 6.29. The molecule has 1 saturated heterocycles. The second-order valence-corrected chi connectivity index (χ2v) is 6.11. The first kappa shape index (κ1) is 19.3. The topological polar surface area (TPSA) is 71.1 Å². The van der Waals surface area contributed by atoms with Crippen LogP contribution >= 0.6 is 35.7 Å². The lowest BCUT2D eigenvalue weighted by molar-refractivity contribution is 0.0301. The van der Waals surface area contributed by atoms with Crippen LogP contribution < -0.4 is 5.73 Å². The molecule has 0 aromatic rings. The highest BCUT2D eigenvalue weighted by Crippen LogP contribution is 2.08. The van der Waals surface area contributed by atoms with Crippen molar-refractivity contribution in [2.24, 2.45) is 16.6 Å². The average Bonchev–Trinajstić information content (AvgIpc) is 2.36. The molecule has 1 heterocycles. The molecule has 5 nitrogen and oxygen atoms in total. The number of guanidine groups is 1. The molecule has 1 unspecified atom stereocenters. The predicted octanol–water partition coefficient (Wildman–Crippen LogP) is 1.00. The lowest BCUT2D eigenvalue weighted by atomic mass is 10.2. The van der Waals surface area contributed by atoms with Crippen molar-refractivity contribution in [1.82, 2.24) is 4.90 Å². The van der Waals surface area contributed by atoms with Crippen molar-refractivity contribution in [2.45, 2.75) is 20.0 Å². The summed E-state index contributed by atoms with van der Waals surface area (Å²) in [5.41, 5.74) is 5.89. The zero-order chi connectivity index (χ0) is 13.4. The highest BCUT2D eigenvalue weighted by molar-refractivity contribution is 14.0. The van der Waals surface area contributed by atoms with E-state index in [-0.39, 0.29) is 24.0 Å². The summed E-state index contributed by atoms with van der Waals surface area (Å²) < 4.78 is 5.36. The van der Waals surface area contributed by atoms with E-state index in [4.69, 9.17) is 10.5 Å². The molecule has 0 bridgehead atoms. The summed E-state index contributed by atoms with van der Waals surface area (Å²) in [6.07, 6.45) is -0.568. The maximum Gasteiger partial charge on any atom is 0.191 e. The molecule has 0 aromatic heterocycles. The number of hydrogen-bond acceptors (Lipinski definition) is 4. The zero-order valence-electron chi connectivity index (χ0n) is 11.7. The van der Waals surface area contributed by atoms with Gasteiger partial charge in [0.1, 0.15) is 0 Å². The van der Waals surface area contributed by atoms with E-state index in [1.165, 1.54) is 0 Å². The normalized spacial score (nSPS) is 18.3. The number of nitrogens with two attached hydrogens (primary N) is 1. The van der Waals surface area contributed by atoms with Gasteiger partial charge in [0.2, 0.25) is 0 Å². The molecular weight excluding hydrogens is 377 g/mol. The van der Waals surface area contributed by atoms with Crippen molar-refractivity contribution in [3.05, 3.63) is 0 Å². The second-order valence-electron chi connectivity index (χ2n) is 4.88. The molecule has 1 aliphatic heterocycles. The standard InChI is InChI=1S/C12H25N3O2S.HI/c1-10(2)8-17-9-11(16)7-14-12(13)15-3-5-18-6-4-15;/h10-11,16H,3-9H2,1-2H3,(H2,13,14);1H. The van der Waals surface area contributed by atoms with Gasteiger partial charge in [-0.15, -0.1) is 24.0 Å². The summed E-state index contributed by atoms with van der Waals surface area (Å²) in [7, 11) is 0. The fraction of sp³-hybridized carbons (Fsp3) is 0.917. The maximum atomic E-state index is 9.70. The number of nitrogens with zero attached hydrogens (tertiary/aromatic N) is 2. The Morgan fingerprint density at radius 3 is 2.58 bits per heavy atom. The third-order valence-corrected chi connectivity index (χ3v) is 3.50. The Morgan fingerprint density at radius 2 is 2.00 bits per heavy atom. The van der Waals surface area contributed by atoms with Crippen molar-refractivity contribution in [1.29, 1.82) is 0 Å². The van der Waals surface area contributed by atoms with E-state index in [0.29, 0.717) is 31.6 Å². The van der Waals surface area contributed by atoms with Gasteiger partial charge >= 0.3 is 0 Å². The Labute approximate surface area is 137 Å². The minimum atomic E-state index is -0.568. The first-order valence-electron chi connectivity index (χ1n) is 6.48. The van der Waals surface area contributed by atoms with Crippen LogP contribution in [0.5, 0.6) is 0 Å². The van der Waals surface area contributed by atoms with Crippen molar-refractivity contribution in [2.75, 3.05) is 44.4 Å². The van der Waals surface area contributed by atoms with Crippen LogP contribution in [0.4, 0.5) is 0 Å². The SMILES string of the molecule is CC(C)COCC(O)CN=C(N)N1CCSCC1.I. The van der Waals surface area contributed by atoms with Gasteiger partial charge in [-0.25, -0.2) is 0 Å². The number of halogens is 1. The first-order chi connectivity index (χ1) is 8.59. The maximum absolute atomic E-state index is 9.70. The molecule has 1 fully saturated rings. The third-order valence-electron chi connectivity index (χ3n) is 2.56. The monoisotopic (exact) mass is 403 g/mol. The molecule has 19 heavy (non-hydrogen) atoms. The molecule has 0 amide bonds. The van der Waals surface area contributed by atoms with Crippen LogP contribution in [0.25, 0.3) is 0 Å². The van der Waals surface area contributed by atoms with Crippen molar-refractivity contribution in [3.63, 3.8) is 0 Å². The third kappa shape index (κ3) is 8.93. The fourth-order valence-electron chi connectivity index (χ4n) is 1.58. The quantitative estimate of drug-likeness (QED) is 0.394. The van der Waals surface area contributed by atoms with Crippen LogP contribution in [0.1, 0.15) is 13.8 Å². The molecule has 0 saturated carbocycles. The summed E-state index contributed by atoms with van der Waals surface area (Å²) >= 11 is 1.93. The van der Waals surface area contributed by atoms with Gasteiger partial charge in [-0.3, -0.25) is 4.99 Å². The zero-order valence-corrected chi connectivity index (χ0v) is 14.9. The molecule has 3 N–H and O–H groups in total. The van der Waals surface area contributed by atoms with Gasteiger partial charge in [-0.05, 0) is 5.92 Å². The van der Waals surface area contributed by atoms with Crippen molar-refractivity contribution < 1.29 is 9.84 Å². The van der Waals surface area contributed by atoms with Gasteiger partial charge < -0.3 is 20.5 Å². The van der Waals surface area contributed by atoms with Crippen molar-refractivity contribution in [3.8, 4) is 0 Å². The molecule has 1 atom stereocenters. The number of thioether (sulfide) groups is 1. The summed E-state index contributed by atoms with van der Waals surface area (Å²) in [6, 6.07) is 0. The number of hydrogen-bond donors (Lipinski definition) is 2. The van der Waals surface area contributed by atoms with Gasteiger partial charge in [0.15, 0.2) is 5.96 Å². The molecular formula is C12H26IN3O2S. The van der Waals surface area contributed by atoms with E-state index in [2.05, 4.69) is 23.7 Å². The Balaban J connectivity index is 0.00000324. The Hall–Kier alpha value is 0.270. The number of ether oxygens (including phenoxy) is 1. The molecule has 0 aromatic carbocycles. The van der Waals surface area contributed by atoms with Gasteiger partial charge in [-0.1, -0.05) is 13.8 Å². The Kier molecular flexibility index (Phi) is 11.1. The van der Waals surface area contributed by atoms with Gasteiger partial charge in [0.25, 0.3) is 0 Å². The number of rotatable bonds is 6. The van der Waals surface area contributed by atoms with E-state index in [0.717, 1.165) is 24.6 Å².